The Kier molecular flexibility index (Phi) is 4.31. The number of hydrogen-bond donors (Lipinski definition) is 0. The van der Waals surface area contributed by atoms with Gasteiger partial charge in [0.05, 0.1) is 5.56 Å². The number of pyridine rings is 1. The van der Waals surface area contributed by atoms with Crippen LogP contribution < -0.4 is 4.57 Å². The van der Waals surface area contributed by atoms with Crippen molar-refractivity contribution >= 4 is 43.5 Å². The van der Waals surface area contributed by atoms with Crippen LogP contribution in [0.2, 0.25) is 0 Å². The summed E-state index contributed by atoms with van der Waals surface area (Å²) < 4.78 is 43.5. The van der Waals surface area contributed by atoms with Crippen LogP contribution in [0.1, 0.15) is 67.6 Å². The Labute approximate surface area is 230 Å². The van der Waals surface area contributed by atoms with Crippen LogP contribution in [0.25, 0.3) is 54.7 Å². The standard InChI is InChI=1S/C36H36NO/c1-22-10-14-28-29-15-13-26-12-11-24-8-6-7-9-27(24)33(26)35(29)38-34(28)32(22)31-20-30(23(2)21-37(31)5)25-16-18-36(3,4)19-17-25/h6-15,20-21,25H,16-19H2,1-5H3/q+1/i2D3,25D. The fourth-order valence-electron chi connectivity index (χ4n) is 6.49. The molecule has 1 saturated carbocycles. The smallest absolute Gasteiger partial charge is 0.216 e. The molecule has 0 radical (unpaired) electrons. The van der Waals surface area contributed by atoms with Crippen LogP contribution in [-0.2, 0) is 7.05 Å². The second-order valence-electron chi connectivity index (χ2n) is 11.9. The molecule has 0 aliphatic heterocycles. The third-order valence-corrected chi connectivity index (χ3v) is 8.84. The highest BCUT2D eigenvalue weighted by molar-refractivity contribution is 6.23. The fraction of sp³-hybridized carbons (Fsp3) is 0.306. The van der Waals surface area contributed by atoms with Crippen LogP contribution in [0.3, 0.4) is 0 Å². The average molecular weight is 503 g/mol. The van der Waals surface area contributed by atoms with Crippen molar-refractivity contribution in [3.63, 3.8) is 0 Å². The second kappa shape index (κ2) is 8.43. The molecule has 4 aromatic carbocycles. The van der Waals surface area contributed by atoms with E-state index in [-0.39, 0.29) is 11.0 Å². The fourth-order valence-corrected chi connectivity index (χ4v) is 6.49. The van der Waals surface area contributed by atoms with E-state index in [1.165, 1.54) is 5.39 Å². The van der Waals surface area contributed by atoms with E-state index >= 15 is 0 Å². The maximum Gasteiger partial charge on any atom is 0.216 e. The lowest BCUT2D eigenvalue weighted by molar-refractivity contribution is -0.660. The predicted octanol–water partition coefficient (Wildman–Crippen LogP) is 9.68. The molecule has 1 aliphatic rings. The first-order valence-electron chi connectivity index (χ1n) is 15.7. The maximum absolute atomic E-state index is 9.58. The monoisotopic (exact) mass is 502 g/mol. The van der Waals surface area contributed by atoms with E-state index in [1.54, 1.807) is 6.20 Å². The molecular weight excluding hydrogens is 462 g/mol. The van der Waals surface area contributed by atoms with Gasteiger partial charge in [-0.2, -0.15) is 0 Å². The third-order valence-electron chi connectivity index (χ3n) is 8.84. The number of furan rings is 1. The highest BCUT2D eigenvalue weighted by Gasteiger charge is 2.30. The van der Waals surface area contributed by atoms with E-state index < -0.39 is 12.7 Å². The van der Waals surface area contributed by atoms with Gasteiger partial charge in [0.2, 0.25) is 5.69 Å². The van der Waals surface area contributed by atoms with Crippen LogP contribution in [0.4, 0.5) is 0 Å². The lowest BCUT2D eigenvalue weighted by Gasteiger charge is -2.34. The molecule has 0 N–H and O–H groups in total. The van der Waals surface area contributed by atoms with Gasteiger partial charge in [0.1, 0.15) is 18.2 Å². The van der Waals surface area contributed by atoms with E-state index in [1.807, 2.05) is 17.7 Å². The topological polar surface area (TPSA) is 17.0 Å². The maximum atomic E-state index is 9.58. The summed E-state index contributed by atoms with van der Waals surface area (Å²) >= 11 is 0. The van der Waals surface area contributed by atoms with Crippen molar-refractivity contribution in [3.05, 3.63) is 89.6 Å². The van der Waals surface area contributed by atoms with Crippen LogP contribution >= 0.6 is 0 Å². The van der Waals surface area contributed by atoms with Crippen LogP contribution in [0.15, 0.2) is 77.3 Å². The van der Waals surface area contributed by atoms with E-state index in [9.17, 15) is 1.37 Å². The summed E-state index contributed by atoms with van der Waals surface area (Å²) in [5, 5.41) is 6.64. The van der Waals surface area contributed by atoms with Crippen LogP contribution in [0, 0.1) is 19.2 Å². The molecule has 0 saturated heterocycles. The lowest BCUT2D eigenvalue weighted by atomic mass is 9.71. The number of benzene rings is 4. The second-order valence-corrected chi connectivity index (χ2v) is 11.9. The predicted molar refractivity (Wildman–Crippen MR) is 160 cm³/mol. The summed E-state index contributed by atoms with van der Waals surface area (Å²) in [6.07, 6.45) is 4.81. The third kappa shape index (κ3) is 3.57. The molecule has 6 aromatic rings. The van der Waals surface area contributed by atoms with Gasteiger partial charge in [-0.1, -0.05) is 68.4 Å². The molecule has 2 heteroatoms. The van der Waals surface area contributed by atoms with Gasteiger partial charge in [0.15, 0.2) is 6.20 Å². The molecule has 2 nitrogen and oxygen atoms in total. The number of aromatic nitrogens is 1. The van der Waals surface area contributed by atoms with E-state index in [2.05, 4.69) is 81.4 Å². The summed E-state index contributed by atoms with van der Waals surface area (Å²) in [7, 11) is 1.90. The van der Waals surface area contributed by atoms with E-state index in [0.717, 1.165) is 67.8 Å². The summed E-state index contributed by atoms with van der Waals surface area (Å²) in [5.41, 5.74) is 5.56. The Morgan fingerprint density at radius 1 is 0.868 bits per heavy atom. The van der Waals surface area contributed by atoms with Gasteiger partial charge in [-0.15, -0.1) is 0 Å². The molecule has 0 amide bonds. The molecule has 2 aromatic heterocycles. The van der Waals surface area contributed by atoms with Crippen LogP contribution in [0.5, 0.6) is 0 Å². The number of rotatable bonds is 2. The first-order chi connectivity index (χ1) is 19.9. The molecule has 0 spiro atoms. The SMILES string of the molecule is [2H]C([2H])([2H])c1c[n+](C)c(-c2c(C)ccc3c2oc2c3ccc3ccc4ccccc4c32)cc1C1([2H])CCC(C)(C)CC1. The highest BCUT2D eigenvalue weighted by atomic mass is 16.3. The number of hydrogen-bond acceptors (Lipinski definition) is 1. The zero-order valence-electron chi connectivity index (χ0n) is 26.6. The highest BCUT2D eigenvalue weighted by Crippen LogP contribution is 2.45. The zero-order chi connectivity index (χ0) is 29.6. The zero-order valence-corrected chi connectivity index (χ0v) is 22.6. The van der Waals surface area contributed by atoms with Crippen molar-refractivity contribution in [1.29, 1.82) is 0 Å². The van der Waals surface area contributed by atoms with Gasteiger partial charge < -0.3 is 4.42 Å². The summed E-state index contributed by atoms with van der Waals surface area (Å²) in [4.78, 5) is 0. The normalized spacial score (nSPS) is 18.9. The average Bonchev–Trinajstić information content (AvgIpc) is 3.33. The van der Waals surface area contributed by atoms with Crippen molar-refractivity contribution in [2.45, 2.75) is 59.2 Å². The van der Waals surface area contributed by atoms with Crippen molar-refractivity contribution in [2.24, 2.45) is 12.5 Å². The Morgan fingerprint density at radius 2 is 1.58 bits per heavy atom. The van der Waals surface area contributed by atoms with Gasteiger partial charge in [-0.3, -0.25) is 0 Å². The lowest BCUT2D eigenvalue weighted by Crippen LogP contribution is -2.32. The van der Waals surface area contributed by atoms with Gasteiger partial charge in [0.25, 0.3) is 0 Å². The summed E-state index contributed by atoms with van der Waals surface area (Å²) in [6, 6.07) is 23.2. The van der Waals surface area contributed by atoms with Crippen molar-refractivity contribution in [1.82, 2.24) is 0 Å². The van der Waals surface area contributed by atoms with Crippen molar-refractivity contribution in [3.8, 4) is 11.3 Å². The van der Waals surface area contributed by atoms with Crippen molar-refractivity contribution in [2.75, 3.05) is 0 Å². The van der Waals surface area contributed by atoms with Gasteiger partial charge in [0, 0.05) is 33.3 Å². The first kappa shape index (κ1) is 19.4. The van der Waals surface area contributed by atoms with E-state index in [0.29, 0.717) is 18.4 Å². The number of nitrogens with zero attached hydrogens (tertiary/aromatic N) is 1. The molecule has 2 heterocycles. The van der Waals surface area contributed by atoms with Gasteiger partial charge in [-0.05, 0) is 84.1 Å². The first-order valence-corrected chi connectivity index (χ1v) is 13.7. The van der Waals surface area contributed by atoms with E-state index in [4.69, 9.17) is 8.53 Å². The minimum Gasteiger partial charge on any atom is -0.454 e. The molecule has 0 atom stereocenters. The molecule has 0 unspecified atom stereocenters. The number of fused-ring (bicyclic) bond motifs is 7. The molecule has 7 rings (SSSR count). The number of aryl methyl sites for hydroxylation is 3. The Balaban J connectivity index is 1.52. The minimum absolute atomic E-state index is 0.163. The molecule has 0 bridgehead atoms. The van der Waals surface area contributed by atoms with Gasteiger partial charge in [-0.25, -0.2) is 4.57 Å². The Morgan fingerprint density at radius 3 is 2.39 bits per heavy atom. The quantitative estimate of drug-likeness (QED) is 0.170. The minimum atomic E-state index is -2.31. The van der Waals surface area contributed by atoms with Crippen LogP contribution in [-0.4, -0.2) is 0 Å². The summed E-state index contributed by atoms with van der Waals surface area (Å²) in [6.45, 7) is 4.25. The molecule has 1 fully saturated rings. The molecule has 1 aliphatic carbocycles. The largest absolute Gasteiger partial charge is 0.454 e. The molecular formula is C36H36NO+. The Hall–Kier alpha value is -3.65. The Bertz CT molecular complexity index is 2040. The van der Waals surface area contributed by atoms with Gasteiger partial charge >= 0.3 is 0 Å². The molecule has 190 valence electrons. The summed E-state index contributed by atoms with van der Waals surface area (Å²) in [5.74, 6) is -0.951. The van der Waals surface area contributed by atoms with Crippen molar-refractivity contribution < 1.29 is 14.5 Å². The molecule has 38 heavy (non-hydrogen) atoms.